The molecule has 2 rings (SSSR count). The number of hydrogen-bond acceptors (Lipinski definition) is 4. The van der Waals surface area contributed by atoms with Crippen LogP contribution in [-0.4, -0.2) is 17.6 Å². The number of nitro groups is 1. The van der Waals surface area contributed by atoms with Gasteiger partial charge in [-0.05, 0) is 12.2 Å². The van der Waals surface area contributed by atoms with Gasteiger partial charge in [-0.15, -0.1) is 0 Å². The summed E-state index contributed by atoms with van der Waals surface area (Å²) in [6, 6.07) is 0. The van der Waals surface area contributed by atoms with Gasteiger partial charge in [0.05, 0.1) is 10.8 Å². The van der Waals surface area contributed by atoms with E-state index in [0.717, 1.165) is 12.2 Å². The van der Waals surface area contributed by atoms with E-state index in [1.54, 1.807) is 0 Å². The molecule has 0 fully saturated rings. The van der Waals surface area contributed by atoms with Crippen molar-refractivity contribution in [1.29, 1.82) is 0 Å². The van der Waals surface area contributed by atoms with Crippen LogP contribution in [0.2, 0.25) is 0 Å². The van der Waals surface area contributed by atoms with E-state index in [1.165, 1.54) is 6.08 Å². The van der Waals surface area contributed by atoms with Crippen molar-refractivity contribution in [1.82, 2.24) is 0 Å². The van der Waals surface area contributed by atoms with Gasteiger partial charge >= 0.3 is 5.92 Å². The minimum absolute atomic E-state index is 0.0178. The van der Waals surface area contributed by atoms with E-state index in [2.05, 4.69) is 4.74 Å². The molecule has 0 N–H and O–H groups in total. The summed E-state index contributed by atoms with van der Waals surface area (Å²) in [6.07, 6.45) is 3.79. The van der Waals surface area contributed by atoms with Crippen LogP contribution in [0.4, 0.5) is 8.78 Å². The Morgan fingerprint density at radius 1 is 1.56 bits per heavy atom. The number of rotatable bonds is 2. The van der Waals surface area contributed by atoms with Crippen molar-refractivity contribution < 1.29 is 23.2 Å². The molecule has 0 aromatic rings. The maximum Gasteiger partial charge on any atom is 0.317 e. The highest BCUT2D eigenvalue weighted by Gasteiger charge is 2.49. The molecule has 2 aliphatic rings. The van der Waals surface area contributed by atoms with Crippen molar-refractivity contribution in [2.45, 2.75) is 5.92 Å². The highest BCUT2D eigenvalue weighted by atomic mass is 19.3. The minimum atomic E-state index is -3.31. The molecule has 0 spiro atoms. The number of nitrogens with zero attached hydrogens (tertiary/aromatic N) is 1. The largest absolute Gasteiger partial charge is 0.454 e. The number of halogens is 2. The summed E-state index contributed by atoms with van der Waals surface area (Å²) in [4.78, 5) is 9.27. The summed E-state index contributed by atoms with van der Waals surface area (Å²) >= 11 is 0. The Kier molecular flexibility index (Phi) is 2.37. The van der Waals surface area contributed by atoms with Crippen LogP contribution in [0.25, 0.3) is 0 Å². The molecule has 0 saturated carbocycles. The molecule has 0 saturated heterocycles. The van der Waals surface area contributed by atoms with Gasteiger partial charge in [0.1, 0.15) is 0 Å². The average molecular weight is 231 g/mol. The Morgan fingerprint density at radius 2 is 2.31 bits per heavy atom. The van der Waals surface area contributed by atoms with Crippen LogP contribution in [0.5, 0.6) is 0 Å². The summed E-state index contributed by atoms with van der Waals surface area (Å²) in [5, 5.41) is 10.1. The van der Waals surface area contributed by atoms with Crippen molar-refractivity contribution in [2.75, 3.05) is 6.79 Å². The molecule has 0 aromatic carbocycles. The first-order valence-corrected chi connectivity index (χ1v) is 4.40. The molecule has 1 heterocycles. The third kappa shape index (κ3) is 1.64. The molecule has 1 aliphatic carbocycles. The fraction of sp³-hybridized carbons (Fsp3) is 0.333. The lowest BCUT2D eigenvalue weighted by Gasteiger charge is -2.23. The molecule has 0 radical (unpaired) electrons. The van der Waals surface area contributed by atoms with Crippen LogP contribution < -0.4 is 0 Å². The van der Waals surface area contributed by atoms with E-state index in [1.807, 2.05) is 0 Å². The SMILES string of the molecule is O=[N+]([O-])C=CC1C=CC2=C(OCO2)C1(F)F. The Balaban J connectivity index is 2.26. The second-order valence-corrected chi connectivity index (χ2v) is 3.23. The predicted octanol–water partition coefficient (Wildman–Crippen LogP) is 1.81. The summed E-state index contributed by atoms with van der Waals surface area (Å²) in [5.41, 5.74) is 0. The molecule has 1 atom stereocenters. The van der Waals surface area contributed by atoms with Crippen molar-refractivity contribution in [2.24, 2.45) is 5.92 Å². The predicted molar refractivity (Wildman–Crippen MR) is 47.8 cm³/mol. The second-order valence-electron chi connectivity index (χ2n) is 3.23. The fourth-order valence-corrected chi connectivity index (χ4v) is 1.48. The standard InChI is InChI=1S/C9H7F2NO4/c10-9(11)6(3-4-12(13)14)1-2-7-8(9)16-5-15-7/h1-4,6H,5H2. The first-order valence-electron chi connectivity index (χ1n) is 4.40. The van der Waals surface area contributed by atoms with Crippen LogP contribution in [0.1, 0.15) is 0 Å². The van der Waals surface area contributed by atoms with E-state index in [4.69, 9.17) is 4.74 Å². The third-order valence-corrected chi connectivity index (χ3v) is 2.23. The Labute approximate surface area is 88.8 Å². The molecule has 0 aromatic heterocycles. The van der Waals surface area contributed by atoms with Gasteiger partial charge < -0.3 is 9.47 Å². The lowest BCUT2D eigenvalue weighted by molar-refractivity contribution is -0.403. The van der Waals surface area contributed by atoms with Gasteiger partial charge in [0.2, 0.25) is 18.8 Å². The Morgan fingerprint density at radius 3 is 3.00 bits per heavy atom. The van der Waals surface area contributed by atoms with Crippen molar-refractivity contribution >= 4 is 0 Å². The third-order valence-electron chi connectivity index (χ3n) is 2.23. The van der Waals surface area contributed by atoms with E-state index in [-0.39, 0.29) is 12.6 Å². The molecule has 0 amide bonds. The molecule has 86 valence electrons. The topological polar surface area (TPSA) is 61.6 Å². The molecular formula is C9H7F2NO4. The Bertz CT molecular complexity index is 414. The lowest BCUT2D eigenvalue weighted by Crippen LogP contribution is -2.31. The van der Waals surface area contributed by atoms with Gasteiger partial charge in [0.25, 0.3) is 0 Å². The first-order chi connectivity index (χ1) is 7.51. The van der Waals surface area contributed by atoms with Crippen LogP contribution in [-0.2, 0) is 9.47 Å². The molecule has 1 unspecified atom stereocenters. The van der Waals surface area contributed by atoms with E-state index in [0.29, 0.717) is 6.20 Å². The minimum Gasteiger partial charge on any atom is -0.454 e. The fourth-order valence-electron chi connectivity index (χ4n) is 1.48. The van der Waals surface area contributed by atoms with Gasteiger partial charge in [-0.3, -0.25) is 10.1 Å². The molecular weight excluding hydrogens is 224 g/mol. The number of allylic oxidation sites excluding steroid dienone is 4. The zero-order valence-electron chi connectivity index (χ0n) is 7.93. The molecule has 5 nitrogen and oxygen atoms in total. The van der Waals surface area contributed by atoms with Crippen LogP contribution >= 0.6 is 0 Å². The van der Waals surface area contributed by atoms with Crippen molar-refractivity contribution in [3.8, 4) is 0 Å². The van der Waals surface area contributed by atoms with E-state index >= 15 is 0 Å². The Hall–Kier alpha value is -1.92. The van der Waals surface area contributed by atoms with Gasteiger partial charge in [-0.2, -0.15) is 8.78 Å². The highest BCUT2D eigenvalue weighted by molar-refractivity contribution is 5.33. The van der Waals surface area contributed by atoms with Crippen molar-refractivity contribution in [3.63, 3.8) is 0 Å². The van der Waals surface area contributed by atoms with Gasteiger partial charge in [-0.25, -0.2) is 0 Å². The average Bonchev–Trinajstić information content (AvgIpc) is 2.65. The summed E-state index contributed by atoms with van der Waals surface area (Å²) in [7, 11) is 0. The van der Waals surface area contributed by atoms with E-state index < -0.39 is 22.5 Å². The quantitative estimate of drug-likeness (QED) is 0.537. The zero-order valence-corrected chi connectivity index (χ0v) is 7.93. The number of ether oxygens (including phenoxy) is 2. The normalized spacial score (nSPS) is 26.5. The van der Waals surface area contributed by atoms with Crippen LogP contribution in [0.3, 0.4) is 0 Å². The highest BCUT2D eigenvalue weighted by Crippen LogP contribution is 2.42. The molecule has 1 aliphatic heterocycles. The second kappa shape index (κ2) is 3.58. The maximum absolute atomic E-state index is 13.7. The lowest BCUT2D eigenvalue weighted by atomic mass is 9.94. The zero-order chi connectivity index (χ0) is 11.8. The molecule has 16 heavy (non-hydrogen) atoms. The molecule has 0 bridgehead atoms. The summed E-state index contributed by atoms with van der Waals surface area (Å²) in [5.74, 6) is -5.28. The number of hydrogen-bond donors (Lipinski definition) is 0. The van der Waals surface area contributed by atoms with Gasteiger partial charge in [-0.1, -0.05) is 6.08 Å². The summed E-state index contributed by atoms with van der Waals surface area (Å²) in [6.45, 7) is -0.254. The van der Waals surface area contributed by atoms with Gasteiger partial charge in [0.15, 0.2) is 5.76 Å². The van der Waals surface area contributed by atoms with Crippen LogP contribution in [0.15, 0.2) is 35.9 Å². The first kappa shape index (κ1) is 10.6. The van der Waals surface area contributed by atoms with Crippen molar-refractivity contribution in [3.05, 3.63) is 46.1 Å². The maximum atomic E-state index is 13.7. The molecule has 7 heteroatoms. The smallest absolute Gasteiger partial charge is 0.317 e. The van der Waals surface area contributed by atoms with E-state index in [9.17, 15) is 18.9 Å². The summed E-state index contributed by atoms with van der Waals surface area (Å²) < 4.78 is 36.8. The monoisotopic (exact) mass is 231 g/mol. The van der Waals surface area contributed by atoms with Gasteiger partial charge in [0, 0.05) is 0 Å². The number of alkyl halides is 2. The van der Waals surface area contributed by atoms with Crippen LogP contribution in [0, 0.1) is 16.0 Å².